The van der Waals surface area contributed by atoms with Crippen LogP contribution in [0.5, 0.6) is 0 Å². The maximum atomic E-state index is 11.8. The van der Waals surface area contributed by atoms with E-state index in [1.165, 1.54) is 17.4 Å². The van der Waals surface area contributed by atoms with Crippen molar-refractivity contribution in [2.75, 3.05) is 12.3 Å². The van der Waals surface area contributed by atoms with Gasteiger partial charge >= 0.3 is 0 Å². The molecule has 2 heterocycles. The Bertz CT molecular complexity index is 666. The number of carbonyl (C=O) groups is 1. The molecule has 0 saturated heterocycles. The van der Waals surface area contributed by atoms with Crippen LogP contribution in [-0.2, 0) is 0 Å². The van der Waals surface area contributed by atoms with Crippen molar-refractivity contribution in [1.82, 2.24) is 5.32 Å². The Morgan fingerprint density at radius 1 is 1.39 bits per heavy atom. The van der Waals surface area contributed by atoms with Gasteiger partial charge in [0.1, 0.15) is 4.88 Å². The predicted octanol–water partition coefficient (Wildman–Crippen LogP) is 2.65. The van der Waals surface area contributed by atoms with Crippen LogP contribution in [0.2, 0.25) is 0 Å². The second-order valence-corrected chi connectivity index (χ2v) is 5.96. The molecule has 2 aromatic rings. The van der Waals surface area contributed by atoms with E-state index < -0.39 is 4.92 Å². The van der Waals surface area contributed by atoms with Gasteiger partial charge in [-0.2, -0.15) is 0 Å². The highest BCUT2D eigenvalue weighted by molar-refractivity contribution is 7.99. The number of amides is 1. The van der Waals surface area contributed by atoms with Gasteiger partial charge in [0.25, 0.3) is 11.6 Å². The van der Waals surface area contributed by atoms with Crippen molar-refractivity contribution < 1.29 is 9.72 Å². The van der Waals surface area contributed by atoms with Crippen molar-refractivity contribution in [2.45, 2.75) is 4.90 Å². The monoisotopic (exact) mass is 280 g/mol. The summed E-state index contributed by atoms with van der Waals surface area (Å²) < 4.78 is 0.912. The molecule has 5 nitrogen and oxygen atoms in total. The Labute approximate surface area is 110 Å². The van der Waals surface area contributed by atoms with Crippen molar-refractivity contribution >= 4 is 44.8 Å². The van der Waals surface area contributed by atoms with E-state index in [-0.39, 0.29) is 11.6 Å². The van der Waals surface area contributed by atoms with Crippen LogP contribution in [0.25, 0.3) is 10.1 Å². The largest absolute Gasteiger partial charge is 0.350 e. The van der Waals surface area contributed by atoms with E-state index in [9.17, 15) is 14.9 Å². The fourth-order valence-corrected chi connectivity index (χ4v) is 4.18. The number of nitro groups is 1. The van der Waals surface area contributed by atoms with Crippen molar-refractivity contribution in [3.05, 3.63) is 33.2 Å². The van der Waals surface area contributed by atoms with E-state index in [0.717, 1.165) is 20.7 Å². The average Bonchev–Trinajstić information content (AvgIpc) is 2.62. The third kappa shape index (κ3) is 1.75. The Balaban J connectivity index is 2.25. The molecular formula is C11H8N2O3S2. The quantitative estimate of drug-likeness (QED) is 0.644. The van der Waals surface area contributed by atoms with Gasteiger partial charge in [0, 0.05) is 39.4 Å². The summed E-state index contributed by atoms with van der Waals surface area (Å²) in [5.41, 5.74) is 0.0633. The molecule has 1 amide bonds. The van der Waals surface area contributed by atoms with Gasteiger partial charge in [0.05, 0.1) is 4.92 Å². The summed E-state index contributed by atoms with van der Waals surface area (Å²) >= 11 is 2.96. The topological polar surface area (TPSA) is 72.2 Å². The summed E-state index contributed by atoms with van der Waals surface area (Å²) in [6, 6.07) is 4.73. The number of thiophene rings is 1. The van der Waals surface area contributed by atoms with Gasteiger partial charge in [-0.1, -0.05) is 0 Å². The number of rotatable bonds is 1. The molecule has 0 saturated carbocycles. The zero-order chi connectivity index (χ0) is 12.7. The lowest BCUT2D eigenvalue weighted by atomic mass is 10.2. The molecule has 1 aliphatic heterocycles. The van der Waals surface area contributed by atoms with Crippen molar-refractivity contribution in [3.8, 4) is 0 Å². The fraction of sp³-hybridized carbons (Fsp3) is 0.182. The van der Waals surface area contributed by atoms with E-state index in [0.29, 0.717) is 11.4 Å². The van der Waals surface area contributed by atoms with E-state index in [4.69, 9.17) is 0 Å². The standard InChI is InChI=1S/C11H8N2O3S2/c14-11-10-9(17-4-3-12-11)7-5-6(13(15)16)1-2-8(7)18-10/h1-2,5H,3-4H2,(H,12,14). The highest BCUT2D eigenvalue weighted by Crippen LogP contribution is 2.40. The van der Waals surface area contributed by atoms with Gasteiger partial charge < -0.3 is 5.32 Å². The smallest absolute Gasteiger partial charge is 0.270 e. The molecule has 0 radical (unpaired) electrons. The van der Waals surface area contributed by atoms with Crippen LogP contribution in [0.15, 0.2) is 23.1 Å². The first-order chi connectivity index (χ1) is 8.66. The molecule has 1 aromatic heterocycles. The van der Waals surface area contributed by atoms with Crippen molar-refractivity contribution in [3.63, 3.8) is 0 Å². The first-order valence-electron chi connectivity index (χ1n) is 5.29. The molecule has 18 heavy (non-hydrogen) atoms. The number of nitrogens with zero attached hydrogens (tertiary/aromatic N) is 1. The number of thioether (sulfide) groups is 1. The molecule has 3 rings (SSSR count). The predicted molar refractivity (Wildman–Crippen MR) is 71.5 cm³/mol. The first-order valence-corrected chi connectivity index (χ1v) is 7.09. The number of fused-ring (bicyclic) bond motifs is 3. The first kappa shape index (κ1) is 11.5. The molecule has 1 N–H and O–H groups in total. The van der Waals surface area contributed by atoms with Crippen LogP contribution in [0.1, 0.15) is 9.67 Å². The highest BCUT2D eigenvalue weighted by atomic mass is 32.2. The summed E-state index contributed by atoms with van der Waals surface area (Å²) in [7, 11) is 0. The second kappa shape index (κ2) is 4.25. The van der Waals surface area contributed by atoms with Crippen LogP contribution in [0, 0.1) is 10.1 Å². The average molecular weight is 280 g/mol. The van der Waals surface area contributed by atoms with Crippen LogP contribution < -0.4 is 5.32 Å². The molecule has 0 aliphatic carbocycles. The lowest BCUT2D eigenvalue weighted by Crippen LogP contribution is -2.22. The molecule has 0 atom stereocenters. The van der Waals surface area contributed by atoms with Crippen LogP contribution >= 0.6 is 23.1 Å². The Kier molecular flexibility index (Phi) is 2.71. The number of hydrogen-bond donors (Lipinski definition) is 1. The van der Waals surface area contributed by atoms with Crippen molar-refractivity contribution in [2.24, 2.45) is 0 Å². The van der Waals surface area contributed by atoms with Gasteiger partial charge in [0.15, 0.2) is 0 Å². The lowest BCUT2D eigenvalue weighted by molar-refractivity contribution is -0.384. The summed E-state index contributed by atoms with van der Waals surface area (Å²) in [5.74, 6) is 0.701. The second-order valence-electron chi connectivity index (χ2n) is 3.80. The van der Waals surface area contributed by atoms with E-state index in [2.05, 4.69) is 5.32 Å². The molecule has 0 fully saturated rings. The molecule has 1 aliphatic rings. The molecule has 92 valence electrons. The minimum Gasteiger partial charge on any atom is -0.350 e. The zero-order valence-corrected chi connectivity index (χ0v) is 10.8. The highest BCUT2D eigenvalue weighted by Gasteiger charge is 2.22. The number of nitro benzene ring substituents is 1. The van der Waals surface area contributed by atoms with Crippen LogP contribution in [0.3, 0.4) is 0 Å². The van der Waals surface area contributed by atoms with Crippen LogP contribution in [-0.4, -0.2) is 23.1 Å². The van der Waals surface area contributed by atoms with Gasteiger partial charge in [0.2, 0.25) is 0 Å². The van der Waals surface area contributed by atoms with Crippen molar-refractivity contribution in [1.29, 1.82) is 0 Å². The lowest BCUT2D eigenvalue weighted by Gasteiger charge is -1.97. The molecular weight excluding hydrogens is 272 g/mol. The van der Waals surface area contributed by atoms with Gasteiger partial charge in [-0.05, 0) is 6.07 Å². The van der Waals surface area contributed by atoms with Crippen LogP contribution in [0.4, 0.5) is 5.69 Å². The third-order valence-corrected chi connectivity index (χ3v) is 5.10. The van der Waals surface area contributed by atoms with E-state index in [1.54, 1.807) is 23.9 Å². The number of nitrogens with one attached hydrogen (secondary N) is 1. The maximum Gasteiger partial charge on any atom is 0.270 e. The number of non-ortho nitro benzene ring substituents is 1. The molecule has 0 bridgehead atoms. The summed E-state index contributed by atoms with van der Waals surface area (Å²) in [4.78, 5) is 23.8. The zero-order valence-electron chi connectivity index (χ0n) is 9.13. The Hall–Kier alpha value is -1.60. The maximum absolute atomic E-state index is 11.8. The van der Waals surface area contributed by atoms with Gasteiger partial charge in [-0.3, -0.25) is 14.9 Å². The molecule has 1 aromatic carbocycles. The Morgan fingerprint density at radius 3 is 3.00 bits per heavy atom. The number of hydrogen-bond acceptors (Lipinski definition) is 5. The fourth-order valence-electron chi connectivity index (χ4n) is 1.87. The third-order valence-electron chi connectivity index (χ3n) is 2.68. The molecule has 0 unspecified atom stereocenters. The number of benzene rings is 1. The summed E-state index contributed by atoms with van der Waals surface area (Å²) in [6.07, 6.45) is 0. The number of carbonyl (C=O) groups excluding carboxylic acids is 1. The molecule has 7 heteroatoms. The minimum absolute atomic E-state index is 0.0633. The Morgan fingerprint density at radius 2 is 2.22 bits per heavy atom. The van der Waals surface area contributed by atoms with E-state index >= 15 is 0 Å². The van der Waals surface area contributed by atoms with Gasteiger partial charge in [-0.25, -0.2) is 0 Å². The SMILES string of the molecule is O=C1NCCSc2c1sc1ccc([N+](=O)[O-])cc21. The minimum atomic E-state index is -0.412. The summed E-state index contributed by atoms with van der Waals surface area (Å²) in [5, 5.41) is 14.4. The normalized spacial score (nSPS) is 15.0. The molecule has 0 spiro atoms. The van der Waals surface area contributed by atoms with Gasteiger partial charge in [-0.15, -0.1) is 23.1 Å². The summed E-state index contributed by atoms with van der Waals surface area (Å²) in [6.45, 7) is 0.626. The van der Waals surface area contributed by atoms with E-state index in [1.807, 2.05) is 0 Å².